The predicted octanol–water partition coefficient (Wildman–Crippen LogP) is 0.486. The third-order valence-electron chi connectivity index (χ3n) is 2.42. The van der Waals surface area contributed by atoms with E-state index in [0.29, 0.717) is 0 Å². The van der Waals surface area contributed by atoms with Gasteiger partial charge in [-0.25, -0.2) is 0 Å². The van der Waals surface area contributed by atoms with E-state index in [1.54, 1.807) is 7.11 Å². The van der Waals surface area contributed by atoms with Crippen LogP contribution < -0.4 is 5.73 Å². The van der Waals surface area contributed by atoms with Gasteiger partial charge in [0, 0.05) is 7.11 Å². The van der Waals surface area contributed by atoms with Gasteiger partial charge < -0.3 is 19.9 Å². The Hall–Kier alpha value is -0.0951. The maximum Gasteiger partial charge on any atom is 0.142 e. The average molecular weight is 231 g/mol. The fraction of sp³-hybridized carbons (Fsp3) is 1.00. The quantitative estimate of drug-likeness (QED) is 0.487. The summed E-state index contributed by atoms with van der Waals surface area (Å²) < 4.78 is 16.8. The van der Waals surface area contributed by atoms with E-state index in [-0.39, 0.29) is 30.5 Å². The topological polar surface area (TPSA) is 53.7 Å². The van der Waals surface area contributed by atoms with Crippen molar-refractivity contribution in [2.45, 2.75) is 64.7 Å². The number of methoxy groups -OCH3 is 1. The van der Waals surface area contributed by atoms with Crippen molar-refractivity contribution < 1.29 is 14.2 Å². The molecule has 0 aromatic rings. The summed E-state index contributed by atoms with van der Waals surface area (Å²) in [5, 5.41) is 0. The highest BCUT2D eigenvalue weighted by molar-refractivity contribution is 6.11. The molecule has 0 bridgehead atoms. The molecule has 0 amide bonds. The molecule has 4 atom stereocenters. The lowest BCUT2D eigenvalue weighted by atomic mass is 9.89. The average Bonchev–Trinajstić information content (AvgIpc) is 2.21. The number of nitrogens with two attached hydrogens (primary N) is 1. The molecule has 0 aliphatic rings. The summed E-state index contributed by atoms with van der Waals surface area (Å²) in [6, 6.07) is -0.00824. The van der Waals surface area contributed by atoms with E-state index in [1.165, 1.54) is 0 Å². The molecule has 0 fully saturated rings. The van der Waals surface area contributed by atoms with E-state index in [9.17, 15) is 0 Å². The summed E-state index contributed by atoms with van der Waals surface area (Å²) in [5.41, 5.74) is 5.66. The first kappa shape index (κ1) is 15.9. The van der Waals surface area contributed by atoms with Gasteiger partial charge in [0.25, 0.3) is 0 Å². The third-order valence-corrected chi connectivity index (χ3v) is 2.42. The first-order valence-electron chi connectivity index (χ1n) is 6.01. The van der Waals surface area contributed by atoms with Crippen molar-refractivity contribution in [3.8, 4) is 0 Å². The molecular weight excluding hydrogens is 205 g/mol. The van der Waals surface area contributed by atoms with Crippen LogP contribution in [-0.2, 0) is 14.2 Å². The second-order valence-corrected chi connectivity index (χ2v) is 4.38. The van der Waals surface area contributed by atoms with E-state index in [2.05, 4.69) is 6.92 Å². The maximum atomic E-state index is 5.85. The van der Waals surface area contributed by atoms with Crippen LogP contribution in [0.5, 0.6) is 0 Å². The number of hydrogen-bond acceptors (Lipinski definition) is 4. The van der Waals surface area contributed by atoms with Crippen molar-refractivity contribution in [3.05, 3.63) is 0 Å². The second-order valence-electron chi connectivity index (χ2n) is 4.38. The largest absolute Gasteiger partial charge is 0.388 e. The molecule has 0 aromatic carbocycles. The highest BCUT2D eigenvalue weighted by atomic mass is 16.6. The Labute approximate surface area is 100 Å². The van der Waals surface area contributed by atoms with Crippen molar-refractivity contribution in [1.29, 1.82) is 0 Å². The summed E-state index contributed by atoms with van der Waals surface area (Å²) in [7, 11) is 3.67. The van der Waals surface area contributed by atoms with E-state index < -0.39 is 0 Å². The number of ether oxygens (including phenoxy) is 3. The monoisotopic (exact) mass is 231 g/mol. The maximum absolute atomic E-state index is 5.85. The molecule has 0 radical (unpaired) electrons. The minimum atomic E-state index is -0.285. The molecule has 4 nitrogen and oxygen atoms in total. The molecule has 0 aliphatic heterocycles. The fourth-order valence-corrected chi connectivity index (χ4v) is 1.63. The van der Waals surface area contributed by atoms with Gasteiger partial charge in [-0.15, -0.1) is 0 Å². The summed E-state index contributed by atoms with van der Waals surface area (Å²) >= 11 is 0. The molecule has 2 N–H and O–H groups in total. The zero-order valence-electron chi connectivity index (χ0n) is 11.4. The highest BCUT2D eigenvalue weighted by Gasteiger charge is 2.28. The van der Waals surface area contributed by atoms with Crippen LogP contribution in [0.1, 0.15) is 34.1 Å². The fourth-order valence-electron chi connectivity index (χ4n) is 1.63. The van der Waals surface area contributed by atoms with E-state index >= 15 is 0 Å². The number of rotatable bonds is 8. The molecule has 0 heterocycles. The molecule has 0 spiro atoms. The second kappa shape index (κ2) is 8.06. The Morgan fingerprint density at radius 3 is 2.06 bits per heavy atom. The number of hydrogen-bond donors (Lipinski definition) is 1. The third kappa shape index (κ3) is 5.84. The molecule has 16 heavy (non-hydrogen) atoms. The van der Waals surface area contributed by atoms with Gasteiger partial charge in [-0.1, -0.05) is 6.92 Å². The lowest BCUT2D eigenvalue weighted by Gasteiger charge is -2.33. The van der Waals surface area contributed by atoms with Crippen LogP contribution in [0.4, 0.5) is 0 Å². The predicted molar refractivity (Wildman–Crippen MR) is 68.2 cm³/mol. The summed E-state index contributed by atoms with van der Waals surface area (Å²) in [6.07, 6.45) is 0.603. The Balaban J connectivity index is 4.54. The molecule has 0 saturated carbocycles. The summed E-state index contributed by atoms with van der Waals surface area (Å²) in [4.78, 5) is 0. The Bertz CT molecular complexity index is 179. The van der Waals surface area contributed by atoms with E-state index in [4.69, 9.17) is 19.9 Å². The van der Waals surface area contributed by atoms with Crippen molar-refractivity contribution in [1.82, 2.24) is 0 Å². The van der Waals surface area contributed by atoms with Crippen LogP contribution >= 0.6 is 0 Å². The molecule has 0 rings (SSSR count). The van der Waals surface area contributed by atoms with Gasteiger partial charge in [0.15, 0.2) is 0 Å². The SMILES string of the molecule is BC(OC)C(OC(C)C)C(CC)OC(C)N. The van der Waals surface area contributed by atoms with Crippen LogP contribution in [0.15, 0.2) is 0 Å². The molecule has 0 saturated heterocycles. The van der Waals surface area contributed by atoms with Crippen LogP contribution in [0, 0.1) is 0 Å². The molecule has 96 valence electrons. The molecule has 0 aliphatic carbocycles. The highest BCUT2D eigenvalue weighted by Crippen LogP contribution is 2.15. The minimum absolute atomic E-state index is 0.00824. The molecule has 5 heteroatoms. The Kier molecular flexibility index (Phi) is 8.02. The van der Waals surface area contributed by atoms with Crippen LogP contribution in [0.25, 0.3) is 0 Å². The molecular formula is C11H26BNO3. The minimum Gasteiger partial charge on any atom is -0.388 e. The van der Waals surface area contributed by atoms with Gasteiger partial charge in [-0.3, -0.25) is 0 Å². The van der Waals surface area contributed by atoms with Gasteiger partial charge in [-0.2, -0.15) is 0 Å². The van der Waals surface area contributed by atoms with Gasteiger partial charge in [0.2, 0.25) is 0 Å². The van der Waals surface area contributed by atoms with Crippen LogP contribution in [-0.4, -0.2) is 45.5 Å². The van der Waals surface area contributed by atoms with Crippen molar-refractivity contribution in [2.75, 3.05) is 7.11 Å². The standard InChI is InChI=1S/C11H26BNO3/c1-6-9(16-8(4)13)10(11(12)14-5)15-7(2)3/h7-11H,6,12-13H2,1-5H3. The zero-order valence-corrected chi connectivity index (χ0v) is 11.4. The van der Waals surface area contributed by atoms with Crippen molar-refractivity contribution in [2.24, 2.45) is 5.73 Å². The van der Waals surface area contributed by atoms with Gasteiger partial charge >= 0.3 is 0 Å². The van der Waals surface area contributed by atoms with Gasteiger partial charge in [0.05, 0.1) is 18.2 Å². The lowest BCUT2D eigenvalue weighted by Crippen LogP contribution is -2.46. The molecule has 0 aromatic heterocycles. The smallest absolute Gasteiger partial charge is 0.142 e. The Morgan fingerprint density at radius 2 is 1.75 bits per heavy atom. The Morgan fingerprint density at radius 1 is 1.19 bits per heavy atom. The van der Waals surface area contributed by atoms with E-state index in [1.807, 2.05) is 28.6 Å². The van der Waals surface area contributed by atoms with Crippen LogP contribution in [0.3, 0.4) is 0 Å². The summed E-state index contributed by atoms with van der Waals surface area (Å²) in [5.74, 6) is 0. The van der Waals surface area contributed by atoms with Crippen molar-refractivity contribution >= 4 is 7.85 Å². The molecule has 4 unspecified atom stereocenters. The normalized spacial score (nSPS) is 19.4. The first-order chi connectivity index (χ1) is 7.42. The summed E-state index contributed by atoms with van der Waals surface area (Å²) in [6.45, 7) is 7.90. The van der Waals surface area contributed by atoms with Gasteiger partial charge in [-0.05, 0) is 27.2 Å². The zero-order chi connectivity index (χ0) is 12.7. The van der Waals surface area contributed by atoms with E-state index in [0.717, 1.165) is 6.42 Å². The van der Waals surface area contributed by atoms with Crippen molar-refractivity contribution in [3.63, 3.8) is 0 Å². The first-order valence-corrected chi connectivity index (χ1v) is 6.01. The van der Waals surface area contributed by atoms with Crippen LogP contribution in [0.2, 0.25) is 0 Å². The van der Waals surface area contributed by atoms with Gasteiger partial charge in [0.1, 0.15) is 20.2 Å². The lowest BCUT2D eigenvalue weighted by molar-refractivity contribution is -0.142.